The van der Waals surface area contributed by atoms with E-state index in [0.29, 0.717) is 13.0 Å². The van der Waals surface area contributed by atoms with Crippen LogP contribution in [0, 0.1) is 5.92 Å². The van der Waals surface area contributed by atoms with Gasteiger partial charge in [0.15, 0.2) is 0 Å². The lowest BCUT2D eigenvalue weighted by atomic mass is 10.1. The maximum absolute atomic E-state index is 11.3. The number of hydrogen-bond donors (Lipinski definition) is 1. The van der Waals surface area contributed by atoms with Gasteiger partial charge in [-0.05, 0) is 6.42 Å². The number of hydrogen-bond acceptors (Lipinski definition) is 3. The van der Waals surface area contributed by atoms with Gasteiger partial charge in [0.2, 0.25) is 15.9 Å². The van der Waals surface area contributed by atoms with Gasteiger partial charge in [0.25, 0.3) is 0 Å². The number of halogens is 1. The monoisotopic (exact) mass is 270 g/mol. The molecule has 5 nitrogen and oxygen atoms in total. The van der Waals surface area contributed by atoms with Crippen molar-refractivity contribution in [3.05, 3.63) is 0 Å². The number of nitrogens with two attached hydrogens (primary N) is 1. The first-order chi connectivity index (χ1) is 5.97. The molecule has 1 atom stereocenters. The third-order valence-corrected chi connectivity index (χ3v) is 5.21. The molecule has 0 saturated carbocycles. The van der Waals surface area contributed by atoms with E-state index < -0.39 is 15.9 Å². The molecule has 0 aromatic heterocycles. The van der Waals surface area contributed by atoms with E-state index in [4.69, 9.17) is 5.73 Å². The molecule has 1 fully saturated rings. The zero-order chi connectivity index (χ0) is 10.1. The number of rotatable bonds is 3. The standard InChI is InChI=1S/C6H11BrN2O3S/c7-4-13(11,12)9-2-1-5(3-9)6(8)10/h5H,1-4H2,(H2,8,10). The summed E-state index contributed by atoms with van der Waals surface area (Å²) < 4.78 is 23.8. The molecule has 76 valence electrons. The van der Waals surface area contributed by atoms with E-state index in [1.54, 1.807) is 0 Å². The first-order valence-corrected chi connectivity index (χ1v) is 6.53. The molecule has 1 unspecified atom stereocenters. The van der Waals surface area contributed by atoms with Crippen molar-refractivity contribution in [2.24, 2.45) is 11.7 Å². The summed E-state index contributed by atoms with van der Waals surface area (Å²) in [6.45, 7) is 0.616. The van der Waals surface area contributed by atoms with E-state index in [1.807, 2.05) is 0 Å². The fourth-order valence-corrected chi connectivity index (χ4v) is 3.08. The van der Waals surface area contributed by atoms with E-state index in [0.717, 1.165) is 0 Å². The molecule has 0 radical (unpaired) electrons. The number of carbonyl (C=O) groups is 1. The van der Waals surface area contributed by atoms with Crippen LogP contribution < -0.4 is 5.73 Å². The Morgan fingerprint density at radius 1 is 1.62 bits per heavy atom. The van der Waals surface area contributed by atoms with Crippen molar-refractivity contribution >= 4 is 31.9 Å². The molecule has 13 heavy (non-hydrogen) atoms. The van der Waals surface area contributed by atoms with Crippen LogP contribution >= 0.6 is 15.9 Å². The highest BCUT2D eigenvalue weighted by Crippen LogP contribution is 2.19. The Morgan fingerprint density at radius 3 is 2.62 bits per heavy atom. The van der Waals surface area contributed by atoms with E-state index in [-0.39, 0.29) is 17.1 Å². The van der Waals surface area contributed by atoms with Crippen molar-refractivity contribution in [1.29, 1.82) is 0 Å². The molecule has 2 N–H and O–H groups in total. The lowest BCUT2D eigenvalue weighted by Crippen LogP contribution is -2.32. The van der Waals surface area contributed by atoms with Crippen LogP contribution in [0.3, 0.4) is 0 Å². The van der Waals surface area contributed by atoms with Crippen LogP contribution in [0.1, 0.15) is 6.42 Å². The number of amides is 1. The molecule has 0 aromatic carbocycles. The molecule has 0 aromatic rings. The van der Waals surface area contributed by atoms with Crippen molar-refractivity contribution in [3.63, 3.8) is 0 Å². The average Bonchev–Trinajstić information content (AvgIpc) is 2.52. The highest BCUT2D eigenvalue weighted by Gasteiger charge is 2.33. The maximum atomic E-state index is 11.3. The van der Waals surface area contributed by atoms with Gasteiger partial charge >= 0.3 is 0 Å². The molecule has 0 spiro atoms. The summed E-state index contributed by atoms with van der Waals surface area (Å²) in [6, 6.07) is 0. The Labute approximate surface area is 85.4 Å². The quantitative estimate of drug-likeness (QED) is 0.701. The van der Waals surface area contributed by atoms with E-state index in [2.05, 4.69) is 15.9 Å². The van der Waals surface area contributed by atoms with Gasteiger partial charge in [-0.2, -0.15) is 0 Å². The SMILES string of the molecule is NC(=O)C1CCN(S(=O)(=O)CBr)C1. The van der Waals surface area contributed by atoms with Crippen molar-refractivity contribution < 1.29 is 13.2 Å². The molecule has 1 rings (SSSR count). The third-order valence-electron chi connectivity index (χ3n) is 2.08. The molecule has 0 aliphatic carbocycles. The fourth-order valence-electron chi connectivity index (χ4n) is 1.28. The van der Waals surface area contributed by atoms with Crippen molar-refractivity contribution in [3.8, 4) is 0 Å². The smallest absolute Gasteiger partial charge is 0.224 e. The van der Waals surface area contributed by atoms with Crippen LogP contribution in [0.15, 0.2) is 0 Å². The topological polar surface area (TPSA) is 80.5 Å². The largest absolute Gasteiger partial charge is 0.369 e. The van der Waals surface area contributed by atoms with Gasteiger partial charge in [-0.3, -0.25) is 4.79 Å². The predicted molar refractivity (Wildman–Crippen MR) is 51.6 cm³/mol. The van der Waals surface area contributed by atoms with E-state index >= 15 is 0 Å². The van der Waals surface area contributed by atoms with Crippen LogP contribution in [-0.2, 0) is 14.8 Å². The first-order valence-electron chi connectivity index (χ1n) is 3.80. The summed E-state index contributed by atoms with van der Waals surface area (Å²) in [4.78, 5) is 10.8. The van der Waals surface area contributed by atoms with Crippen molar-refractivity contribution in [2.75, 3.05) is 17.8 Å². The van der Waals surface area contributed by atoms with Crippen molar-refractivity contribution in [1.82, 2.24) is 4.31 Å². The molecule has 1 aliphatic heterocycles. The van der Waals surface area contributed by atoms with E-state index in [9.17, 15) is 13.2 Å². The van der Waals surface area contributed by atoms with E-state index in [1.165, 1.54) is 4.31 Å². The predicted octanol–water partition coefficient (Wildman–Crippen LogP) is -0.524. The minimum atomic E-state index is -3.22. The minimum absolute atomic E-state index is 0.106. The highest BCUT2D eigenvalue weighted by atomic mass is 79.9. The number of alkyl halides is 1. The molecule has 1 aliphatic rings. The second-order valence-electron chi connectivity index (χ2n) is 2.97. The van der Waals surface area contributed by atoms with Crippen LogP contribution in [0.4, 0.5) is 0 Å². The number of carbonyl (C=O) groups excluding carboxylic acids is 1. The summed E-state index contributed by atoms with van der Waals surface area (Å²) >= 11 is 2.89. The Balaban J connectivity index is 2.65. The number of sulfonamides is 1. The third kappa shape index (κ3) is 2.41. The maximum Gasteiger partial charge on any atom is 0.224 e. The zero-order valence-electron chi connectivity index (χ0n) is 6.94. The van der Waals surface area contributed by atoms with Gasteiger partial charge in [-0.15, -0.1) is 0 Å². The van der Waals surface area contributed by atoms with Gasteiger partial charge in [0.05, 0.1) is 5.92 Å². The molecule has 1 amide bonds. The van der Waals surface area contributed by atoms with Gasteiger partial charge in [-0.25, -0.2) is 12.7 Å². The molecule has 1 heterocycles. The summed E-state index contributed by atoms with van der Waals surface area (Å²) in [7, 11) is -3.22. The lowest BCUT2D eigenvalue weighted by Gasteiger charge is -2.13. The molecule has 7 heteroatoms. The molecular weight excluding hydrogens is 260 g/mol. The summed E-state index contributed by atoms with van der Waals surface area (Å²) in [5, 5.41) is 0. The zero-order valence-corrected chi connectivity index (χ0v) is 9.34. The summed E-state index contributed by atoms with van der Waals surface area (Å²) in [5.41, 5.74) is 5.07. The van der Waals surface area contributed by atoms with Crippen LogP contribution in [0.5, 0.6) is 0 Å². The van der Waals surface area contributed by atoms with Crippen LogP contribution in [0.2, 0.25) is 0 Å². The Bertz CT molecular complexity index is 303. The Morgan fingerprint density at radius 2 is 2.23 bits per heavy atom. The normalized spacial score (nSPS) is 24.8. The molecular formula is C6H11BrN2O3S. The Hall–Kier alpha value is -0.140. The molecule has 0 bridgehead atoms. The summed E-state index contributed by atoms with van der Waals surface area (Å²) in [5.74, 6) is -0.749. The second-order valence-corrected chi connectivity index (χ2v) is 6.24. The van der Waals surface area contributed by atoms with Gasteiger partial charge in [0.1, 0.15) is 4.66 Å². The number of primary amides is 1. The molecule has 1 saturated heterocycles. The van der Waals surface area contributed by atoms with Crippen molar-refractivity contribution in [2.45, 2.75) is 6.42 Å². The number of nitrogens with zero attached hydrogens (tertiary/aromatic N) is 1. The summed E-state index contributed by atoms with van der Waals surface area (Å²) in [6.07, 6.45) is 0.529. The van der Waals surface area contributed by atoms with Gasteiger partial charge < -0.3 is 5.73 Å². The lowest BCUT2D eigenvalue weighted by molar-refractivity contribution is -0.121. The van der Waals surface area contributed by atoms with Crippen LogP contribution in [-0.4, -0.2) is 36.4 Å². The Kier molecular flexibility index (Phi) is 3.31. The first kappa shape index (κ1) is 10.9. The van der Waals surface area contributed by atoms with Crippen LogP contribution in [0.25, 0.3) is 0 Å². The fraction of sp³-hybridized carbons (Fsp3) is 0.833. The van der Waals surface area contributed by atoms with Gasteiger partial charge in [0, 0.05) is 13.1 Å². The highest BCUT2D eigenvalue weighted by molar-refractivity contribution is 9.10. The van der Waals surface area contributed by atoms with Gasteiger partial charge in [-0.1, -0.05) is 15.9 Å². The average molecular weight is 271 g/mol. The second kappa shape index (κ2) is 3.93. The minimum Gasteiger partial charge on any atom is -0.369 e.